The van der Waals surface area contributed by atoms with Crippen molar-refractivity contribution in [1.82, 2.24) is 9.78 Å². The molecule has 29 heavy (non-hydrogen) atoms. The minimum atomic E-state index is -0.679. The lowest BCUT2D eigenvalue weighted by Gasteiger charge is -2.24. The molecular formula is C22H21N3O4. The van der Waals surface area contributed by atoms with Gasteiger partial charge < -0.3 is 14.8 Å². The number of rotatable bonds is 5. The molecule has 3 aromatic rings. The van der Waals surface area contributed by atoms with E-state index < -0.39 is 5.92 Å². The topological polar surface area (TPSA) is 82.4 Å². The third kappa shape index (κ3) is 3.14. The van der Waals surface area contributed by atoms with Gasteiger partial charge in [-0.1, -0.05) is 24.3 Å². The molecule has 2 heterocycles. The number of ether oxygens (including phenoxy) is 2. The Hall–Kier alpha value is -3.61. The summed E-state index contributed by atoms with van der Waals surface area (Å²) in [5, 5.41) is 7.48. The number of carbonyl (C=O) groups is 2. The predicted molar refractivity (Wildman–Crippen MR) is 108 cm³/mol. The van der Waals surface area contributed by atoms with Crippen LogP contribution in [-0.4, -0.2) is 35.7 Å². The Morgan fingerprint density at radius 2 is 1.72 bits per heavy atom. The van der Waals surface area contributed by atoms with Gasteiger partial charge in [-0.15, -0.1) is 0 Å². The van der Waals surface area contributed by atoms with Gasteiger partial charge in [0, 0.05) is 12.0 Å². The average Bonchev–Trinajstić information content (AvgIpc) is 3.08. The fourth-order valence-corrected chi connectivity index (χ4v) is 3.80. The molecule has 148 valence electrons. The Morgan fingerprint density at radius 1 is 1.07 bits per heavy atom. The summed E-state index contributed by atoms with van der Waals surface area (Å²) in [5.74, 6) is 0.205. The second-order valence-electron chi connectivity index (χ2n) is 6.80. The van der Waals surface area contributed by atoms with E-state index in [2.05, 4.69) is 10.4 Å². The second kappa shape index (κ2) is 7.43. The van der Waals surface area contributed by atoms with Crippen LogP contribution in [0.3, 0.4) is 0 Å². The third-order valence-electron chi connectivity index (χ3n) is 5.09. The molecule has 0 saturated heterocycles. The van der Waals surface area contributed by atoms with E-state index in [-0.39, 0.29) is 18.1 Å². The van der Waals surface area contributed by atoms with Crippen LogP contribution in [0.5, 0.6) is 11.5 Å². The van der Waals surface area contributed by atoms with Crippen molar-refractivity contribution in [3.05, 3.63) is 65.4 Å². The number of anilines is 1. The van der Waals surface area contributed by atoms with Gasteiger partial charge in [0.05, 0.1) is 31.5 Å². The Balaban J connectivity index is 1.86. The Kier molecular flexibility index (Phi) is 4.80. The minimum Gasteiger partial charge on any atom is -0.496 e. The number of nitrogens with one attached hydrogen (secondary N) is 1. The van der Waals surface area contributed by atoms with Crippen molar-refractivity contribution < 1.29 is 19.1 Å². The first kappa shape index (κ1) is 18.7. The van der Waals surface area contributed by atoms with Crippen LogP contribution in [0.25, 0.3) is 5.69 Å². The van der Waals surface area contributed by atoms with Crippen molar-refractivity contribution in [2.45, 2.75) is 19.3 Å². The number of ketones is 1. The Bertz CT molecular complexity index is 1070. The molecule has 7 nitrogen and oxygen atoms in total. The highest BCUT2D eigenvalue weighted by Crippen LogP contribution is 2.41. The lowest BCUT2D eigenvalue weighted by Crippen LogP contribution is -2.29. The molecule has 0 bridgehead atoms. The molecule has 1 N–H and O–H groups in total. The highest BCUT2D eigenvalue weighted by atomic mass is 16.5. The summed E-state index contributed by atoms with van der Waals surface area (Å²) in [6, 6.07) is 14.7. The molecular weight excluding hydrogens is 370 g/mol. The molecule has 0 unspecified atom stereocenters. The molecule has 1 atom stereocenters. The number of carbonyl (C=O) groups excluding carboxylic acids is 2. The average molecular weight is 391 g/mol. The number of benzene rings is 2. The monoisotopic (exact) mass is 391 g/mol. The number of Topliss-reactive ketones (excluding diaryl/α,β-unsaturated/α-hetero) is 1. The van der Waals surface area contributed by atoms with E-state index >= 15 is 0 Å². The van der Waals surface area contributed by atoms with Crippen molar-refractivity contribution in [2.24, 2.45) is 0 Å². The first-order chi connectivity index (χ1) is 14.0. The van der Waals surface area contributed by atoms with Gasteiger partial charge in [-0.05, 0) is 31.2 Å². The third-order valence-corrected chi connectivity index (χ3v) is 5.09. The van der Waals surface area contributed by atoms with Crippen LogP contribution in [0.4, 0.5) is 5.82 Å². The number of aryl methyl sites for hydroxylation is 1. The van der Waals surface area contributed by atoms with Gasteiger partial charge in [0.15, 0.2) is 5.78 Å². The van der Waals surface area contributed by atoms with Crippen LogP contribution < -0.4 is 14.8 Å². The number of aromatic nitrogens is 2. The molecule has 7 heteroatoms. The van der Waals surface area contributed by atoms with Gasteiger partial charge in [-0.3, -0.25) is 9.59 Å². The van der Waals surface area contributed by atoms with E-state index in [4.69, 9.17) is 9.47 Å². The molecule has 2 aromatic carbocycles. The highest BCUT2D eigenvalue weighted by molar-refractivity contribution is 6.10. The summed E-state index contributed by atoms with van der Waals surface area (Å²) < 4.78 is 12.5. The maximum absolute atomic E-state index is 13.6. The van der Waals surface area contributed by atoms with Gasteiger partial charge in [0.25, 0.3) is 0 Å². The van der Waals surface area contributed by atoms with E-state index in [1.54, 1.807) is 22.9 Å². The van der Waals surface area contributed by atoms with Crippen LogP contribution in [-0.2, 0) is 4.79 Å². The number of nitrogens with zero attached hydrogens (tertiary/aromatic N) is 2. The number of hydrogen-bond acceptors (Lipinski definition) is 5. The summed E-state index contributed by atoms with van der Waals surface area (Å²) in [6.45, 7) is 1.84. The number of amides is 1. The van der Waals surface area contributed by atoms with E-state index in [0.717, 1.165) is 5.69 Å². The quantitative estimate of drug-likeness (QED) is 0.673. The minimum absolute atomic E-state index is 0.0361. The van der Waals surface area contributed by atoms with Gasteiger partial charge in [-0.2, -0.15) is 5.10 Å². The molecule has 1 aliphatic heterocycles. The fraction of sp³-hybridized carbons (Fsp3) is 0.227. The molecule has 1 aromatic heterocycles. The number of para-hydroxylation sites is 1. The smallest absolute Gasteiger partial charge is 0.226 e. The van der Waals surface area contributed by atoms with E-state index in [1.165, 1.54) is 14.2 Å². The van der Waals surface area contributed by atoms with Crippen molar-refractivity contribution in [3.8, 4) is 17.2 Å². The number of fused-ring (bicyclic) bond motifs is 1. The SMILES string of the molecule is COc1cccc(OC)c1C(=O)[C@@H]1CC(=O)Nc2c1c(C)nn2-c1ccccc1. The molecule has 0 aliphatic carbocycles. The van der Waals surface area contributed by atoms with Crippen molar-refractivity contribution in [1.29, 1.82) is 0 Å². The molecule has 0 radical (unpaired) electrons. The molecule has 1 amide bonds. The first-order valence-electron chi connectivity index (χ1n) is 9.25. The molecule has 0 saturated carbocycles. The zero-order valence-corrected chi connectivity index (χ0v) is 16.4. The largest absolute Gasteiger partial charge is 0.496 e. The summed E-state index contributed by atoms with van der Waals surface area (Å²) in [6.07, 6.45) is 0.0361. The van der Waals surface area contributed by atoms with E-state index in [1.807, 2.05) is 37.3 Å². The molecule has 0 fully saturated rings. The Morgan fingerprint density at radius 3 is 2.34 bits per heavy atom. The second-order valence-corrected chi connectivity index (χ2v) is 6.80. The zero-order chi connectivity index (χ0) is 20.5. The van der Waals surface area contributed by atoms with Crippen LogP contribution >= 0.6 is 0 Å². The van der Waals surface area contributed by atoms with Gasteiger partial charge in [0.1, 0.15) is 22.9 Å². The summed E-state index contributed by atoms with van der Waals surface area (Å²) in [4.78, 5) is 26.1. The van der Waals surface area contributed by atoms with Crippen molar-refractivity contribution in [2.75, 3.05) is 19.5 Å². The van der Waals surface area contributed by atoms with Crippen LogP contribution in [0, 0.1) is 6.92 Å². The normalized spacial score (nSPS) is 15.4. The van der Waals surface area contributed by atoms with E-state index in [9.17, 15) is 9.59 Å². The number of hydrogen-bond donors (Lipinski definition) is 1. The van der Waals surface area contributed by atoms with Crippen LogP contribution in [0.15, 0.2) is 48.5 Å². The van der Waals surface area contributed by atoms with Crippen molar-refractivity contribution >= 4 is 17.5 Å². The number of methoxy groups -OCH3 is 2. The maximum Gasteiger partial charge on any atom is 0.226 e. The predicted octanol–water partition coefficient (Wildman–Crippen LogP) is 3.51. The summed E-state index contributed by atoms with van der Waals surface area (Å²) in [7, 11) is 3.01. The van der Waals surface area contributed by atoms with E-state index in [0.29, 0.717) is 34.1 Å². The van der Waals surface area contributed by atoms with Gasteiger partial charge in [0.2, 0.25) is 5.91 Å². The lowest BCUT2D eigenvalue weighted by atomic mass is 9.85. The summed E-state index contributed by atoms with van der Waals surface area (Å²) in [5.41, 5.74) is 2.54. The highest BCUT2D eigenvalue weighted by Gasteiger charge is 2.38. The lowest BCUT2D eigenvalue weighted by molar-refractivity contribution is -0.116. The van der Waals surface area contributed by atoms with Crippen LogP contribution in [0.1, 0.15) is 34.0 Å². The summed E-state index contributed by atoms with van der Waals surface area (Å²) >= 11 is 0. The van der Waals surface area contributed by atoms with Crippen LogP contribution in [0.2, 0.25) is 0 Å². The first-order valence-corrected chi connectivity index (χ1v) is 9.25. The standard InChI is InChI=1S/C22H21N3O4/c1-13-19-15(21(27)20-16(28-2)10-7-11-17(20)29-3)12-18(26)23-22(19)25(24-13)14-8-5-4-6-9-14/h4-11,15H,12H2,1-3H3,(H,23,26)/t15-/m1/s1. The molecule has 4 rings (SSSR count). The van der Waals surface area contributed by atoms with Crippen molar-refractivity contribution in [3.63, 3.8) is 0 Å². The molecule has 0 spiro atoms. The fourth-order valence-electron chi connectivity index (χ4n) is 3.80. The van der Waals surface area contributed by atoms with Gasteiger partial charge in [-0.25, -0.2) is 4.68 Å². The zero-order valence-electron chi connectivity index (χ0n) is 16.4. The van der Waals surface area contributed by atoms with Gasteiger partial charge >= 0.3 is 0 Å². The maximum atomic E-state index is 13.6. The molecule has 1 aliphatic rings. The Labute approximate surface area is 168 Å².